The molecule has 0 saturated carbocycles. The highest BCUT2D eigenvalue weighted by Gasteiger charge is 2.31. The quantitative estimate of drug-likeness (QED) is 0.0269. The van der Waals surface area contributed by atoms with Gasteiger partial charge in [-0.15, -0.1) is 11.6 Å². The summed E-state index contributed by atoms with van der Waals surface area (Å²) in [5, 5.41) is 21.3. The van der Waals surface area contributed by atoms with Crippen molar-refractivity contribution < 1.29 is 52.7 Å². The van der Waals surface area contributed by atoms with Gasteiger partial charge in [-0.3, -0.25) is 38.5 Å². The number of carbonyl (C=O) groups is 10. The van der Waals surface area contributed by atoms with E-state index in [1.54, 1.807) is 52.3 Å². The predicted octanol–water partition coefficient (Wildman–Crippen LogP) is 3.73. The summed E-state index contributed by atoms with van der Waals surface area (Å²) in [5.74, 6) is -2.43. The molecule has 4 aromatic carbocycles. The lowest BCUT2D eigenvalue weighted by Gasteiger charge is -2.31. The highest BCUT2D eigenvalue weighted by atomic mass is 35.5. The number of ether oxygens (including phenoxy) is 1. The van der Waals surface area contributed by atoms with Gasteiger partial charge < -0.3 is 73.1 Å². The second kappa shape index (κ2) is 31.2. The Morgan fingerprint density at radius 3 is 2.06 bits per heavy atom. The summed E-state index contributed by atoms with van der Waals surface area (Å²) >= 11 is 4.64. The average Bonchev–Trinajstić information content (AvgIpc) is 3.87. The van der Waals surface area contributed by atoms with Crippen molar-refractivity contribution in [1.82, 2.24) is 46.3 Å². The highest BCUT2D eigenvalue weighted by molar-refractivity contribution is 6.15. The molecule has 5 aromatic rings. The molecule has 12 amide bonds. The fourth-order valence-electron chi connectivity index (χ4n) is 9.23. The number of halogens is 1. The molecule has 3 aliphatic rings. The van der Waals surface area contributed by atoms with E-state index in [-0.39, 0.29) is 63.8 Å². The fourth-order valence-corrected chi connectivity index (χ4v) is 9.23. The molecule has 0 unspecified atom stereocenters. The molecule has 0 radical (unpaired) electrons. The third kappa shape index (κ3) is 18.2. The second-order valence-corrected chi connectivity index (χ2v) is 19.4. The molecule has 26 heteroatoms. The number of imide groups is 1. The van der Waals surface area contributed by atoms with Gasteiger partial charge in [0.25, 0.3) is 23.6 Å². The van der Waals surface area contributed by atoms with Gasteiger partial charge in [-0.05, 0) is 98.6 Å². The van der Waals surface area contributed by atoms with Crippen LogP contribution in [0.1, 0.15) is 65.4 Å². The van der Waals surface area contributed by atoms with Gasteiger partial charge in [-0.25, -0.2) is 14.4 Å². The molecular formula is C57H71ClN14O11. The van der Waals surface area contributed by atoms with Gasteiger partial charge in [0.15, 0.2) is 0 Å². The minimum absolute atomic E-state index is 0.0843. The second-order valence-electron chi connectivity index (χ2n) is 19.4. The number of urea groups is 2. The molecule has 3 aliphatic heterocycles. The molecule has 442 valence electrons. The molecule has 4 heterocycles. The molecule has 0 aliphatic carbocycles. The maximum atomic E-state index is 14.2. The topological polar surface area (TPSA) is 345 Å². The predicted molar refractivity (Wildman–Crippen MR) is 315 cm³/mol. The van der Waals surface area contributed by atoms with Crippen LogP contribution >= 0.6 is 11.6 Å². The number of alkyl halides is 1. The van der Waals surface area contributed by atoms with Gasteiger partial charge in [0.2, 0.25) is 17.7 Å². The van der Waals surface area contributed by atoms with E-state index < -0.39 is 53.7 Å². The van der Waals surface area contributed by atoms with Crippen molar-refractivity contribution in [3.63, 3.8) is 0 Å². The molecule has 0 bridgehead atoms. The standard InChI is InChI=1S/C52H58N12O10.C4H10N2O.CH3Cl/c1-61-24-26-62(27-25-61)52(73)74-43-30-42-37(36-6-2-3-7-38(36)43)18-23-63(42)50(71)41-29-33-28-35(14-15-39(33)60-41)59-48(69)32-10-12-34(13-11-32)58-45(66)31-57-49(70)40(8-4-19-56-51(53)72)54-20-21-55-44(65)9-5-22-64-46(67)16-17-47(64)68;1-2-3-6-4(5)7;1-2/h2-3,6-7,10-17,28-30,40,54,60H,4-5,8-9,18-27,31H2,1H3,(H,55,65)(H,57,70)(H,58,66)(H,59,69)(H3,53,56,72);2-3H2,1H3,(H3,5,6,7);1H3/t40-;;/m0../s1. The van der Waals surface area contributed by atoms with Crippen molar-refractivity contribution in [1.29, 1.82) is 0 Å². The summed E-state index contributed by atoms with van der Waals surface area (Å²) in [6, 6.07) is 20.7. The number of nitrogens with two attached hydrogens (primary N) is 2. The number of H-pyrrole nitrogens is 1. The SMILES string of the molecule is CCCNC(N)=O.CCl.CN1CCN(C(=O)Oc2cc3c(c4ccccc24)CCN3C(=O)c2cc3cc(NC(=O)c4ccc(NC(=O)CNC(=O)[C@H](CCCNC(N)=O)NCCNC(=O)CCCN5C(=O)C=CC5=O)cc4)ccc3[nH]2)CC1. The average molecular weight is 1160 g/mol. The monoisotopic (exact) mass is 1160 g/mol. The fraction of sp³-hybridized carbons (Fsp3) is 0.368. The maximum Gasteiger partial charge on any atom is 0.415 e. The van der Waals surface area contributed by atoms with E-state index in [1.165, 1.54) is 30.7 Å². The molecule has 25 nitrogen and oxygen atoms in total. The molecule has 12 N–H and O–H groups in total. The van der Waals surface area contributed by atoms with Crippen molar-refractivity contribution in [3.8, 4) is 5.75 Å². The van der Waals surface area contributed by atoms with Crippen molar-refractivity contribution >= 4 is 110 Å². The number of likely N-dealkylation sites (N-methyl/N-ethyl adjacent to an activating group) is 1. The highest BCUT2D eigenvalue weighted by Crippen LogP contribution is 2.41. The first-order valence-corrected chi connectivity index (χ1v) is 27.8. The summed E-state index contributed by atoms with van der Waals surface area (Å²) in [4.78, 5) is 133. The Bertz CT molecular complexity index is 3180. The lowest BCUT2D eigenvalue weighted by atomic mass is 10.0. The number of amides is 12. The number of rotatable bonds is 22. The first-order chi connectivity index (χ1) is 40.0. The van der Waals surface area contributed by atoms with E-state index in [1.807, 2.05) is 38.2 Å². The van der Waals surface area contributed by atoms with E-state index >= 15 is 0 Å². The lowest BCUT2D eigenvalue weighted by Crippen LogP contribution is -2.48. The first kappa shape index (κ1) is 63.1. The molecule has 8 rings (SSSR count). The zero-order valence-electron chi connectivity index (χ0n) is 46.6. The van der Waals surface area contributed by atoms with Crippen LogP contribution in [-0.2, 0) is 30.4 Å². The zero-order valence-corrected chi connectivity index (χ0v) is 47.3. The number of fused-ring (bicyclic) bond motifs is 4. The van der Waals surface area contributed by atoms with E-state index in [9.17, 15) is 47.9 Å². The normalized spacial score (nSPS) is 13.9. The van der Waals surface area contributed by atoms with E-state index in [0.29, 0.717) is 84.0 Å². The van der Waals surface area contributed by atoms with Gasteiger partial charge >= 0.3 is 18.2 Å². The summed E-state index contributed by atoms with van der Waals surface area (Å²) in [5.41, 5.74) is 13.8. The number of primary amides is 2. The van der Waals surface area contributed by atoms with Crippen LogP contribution in [0.5, 0.6) is 5.75 Å². The van der Waals surface area contributed by atoms with Crippen LogP contribution < -0.4 is 58.3 Å². The minimum atomic E-state index is -0.786. The van der Waals surface area contributed by atoms with Crippen molar-refractivity contribution in [2.75, 3.05) is 101 Å². The number of anilines is 3. The number of aromatic nitrogens is 1. The van der Waals surface area contributed by atoms with E-state index in [0.717, 1.165) is 40.7 Å². The first-order valence-electron chi connectivity index (χ1n) is 27.1. The largest absolute Gasteiger partial charge is 0.415 e. The van der Waals surface area contributed by atoms with Crippen molar-refractivity contribution in [3.05, 3.63) is 108 Å². The number of hydrogen-bond donors (Lipinski definition) is 10. The van der Waals surface area contributed by atoms with Gasteiger partial charge in [-0.1, -0.05) is 31.2 Å². The molecule has 1 atom stereocenters. The smallest absolute Gasteiger partial charge is 0.409 e. The Kier molecular flexibility index (Phi) is 23.7. The molecule has 0 spiro atoms. The maximum absolute atomic E-state index is 14.2. The summed E-state index contributed by atoms with van der Waals surface area (Å²) in [7, 11) is 2.02. The van der Waals surface area contributed by atoms with Gasteiger partial charge in [0.1, 0.15) is 11.4 Å². The number of benzene rings is 4. The van der Waals surface area contributed by atoms with Gasteiger partial charge in [0, 0.05) is 130 Å². The molecule has 1 aromatic heterocycles. The van der Waals surface area contributed by atoms with E-state index in [2.05, 4.69) is 58.7 Å². The van der Waals surface area contributed by atoms with Crippen LogP contribution in [0, 0.1) is 0 Å². The van der Waals surface area contributed by atoms with Gasteiger partial charge in [-0.2, -0.15) is 0 Å². The number of aromatic amines is 1. The molecule has 1 fully saturated rings. The van der Waals surface area contributed by atoms with Crippen LogP contribution in [0.3, 0.4) is 0 Å². The third-order valence-corrected chi connectivity index (χ3v) is 13.5. The molecule has 83 heavy (non-hydrogen) atoms. The Morgan fingerprint density at radius 2 is 1.39 bits per heavy atom. The number of nitrogens with zero attached hydrogens (tertiary/aromatic N) is 4. The lowest BCUT2D eigenvalue weighted by molar-refractivity contribution is -0.137. The van der Waals surface area contributed by atoms with Crippen LogP contribution in [0.15, 0.2) is 91.0 Å². The summed E-state index contributed by atoms with van der Waals surface area (Å²) in [6.45, 7) is 6.04. The van der Waals surface area contributed by atoms with E-state index in [4.69, 9.17) is 16.2 Å². The van der Waals surface area contributed by atoms with Crippen LogP contribution in [-0.4, -0.2) is 171 Å². The Hall–Kier alpha value is -9.07. The number of hydrogen-bond acceptors (Lipinski definition) is 13. The van der Waals surface area contributed by atoms with Crippen molar-refractivity contribution in [2.24, 2.45) is 11.5 Å². The van der Waals surface area contributed by atoms with Crippen molar-refractivity contribution in [2.45, 2.75) is 51.5 Å². The number of piperazine rings is 1. The number of carbonyl (C=O) groups excluding carboxylic acids is 10. The van der Waals surface area contributed by atoms with Crippen LogP contribution in [0.4, 0.5) is 31.4 Å². The van der Waals surface area contributed by atoms with Crippen LogP contribution in [0.25, 0.3) is 21.7 Å². The Balaban J connectivity index is 0.00000114. The number of nitrogens with one attached hydrogen (secondary N) is 8. The molecular weight excluding hydrogens is 1090 g/mol. The summed E-state index contributed by atoms with van der Waals surface area (Å²) in [6.07, 6.45) is 5.99. The zero-order chi connectivity index (χ0) is 60.0. The summed E-state index contributed by atoms with van der Waals surface area (Å²) < 4.78 is 6.01. The Labute approximate surface area is 484 Å². The van der Waals surface area contributed by atoms with Gasteiger partial charge in [0.05, 0.1) is 18.3 Å². The van der Waals surface area contributed by atoms with Crippen LogP contribution in [0.2, 0.25) is 0 Å². The third-order valence-electron chi connectivity index (χ3n) is 13.5. The molecule has 1 saturated heterocycles. The minimum Gasteiger partial charge on any atom is -0.409 e. The Morgan fingerprint density at radius 1 is 0.711 bits per heavy atom.